The number of guanidine groups is 1. The van der Waals surface area contributed by atoms with E-state index in [1.54, 1.807) is 0 Å². The molecule has 1 aromatic rings. The summed E-state index contributed by atoms with van der Waals surface area (Å²) in [5.41, 5.74) is 3.71. The Morgan fingerprint density at radius 3 is 2.70 bits per heavy atom. The maximum absolute atomic E-state index is 4.80. The fraction of sp³-hybridized carbons (Fsp3) is 0.800. The van der Waals surface area contributed by atoms with Crippen LogP contribution in [0, 0.1) is 19.8 Å². The van der Waals surface area contributed by atoms with Crippen molar-refractivity contribution in [2.75, 3.05) is 32.7 Å². The zero-order chi connectivity index (χ0) is 19.1. The van der Waals surface area contributed by atoms with Gasteiger partial charge in [0.2, 0.25) is 0 Å². The second-order valence-corrected chi connectivity index (χ2v) is 7.83. The van der Waals surface area contributed by atoms with Crippen LogP contribution in [0.4, 0.5) is 0 Å². The number of rotatable bonds is 7. The zero-order valence-corrected chi connectivity index (χ0v) is 20.3. The van der Waals surface area contributed by atoms with Gasteiger partial charge in [-0.3, -0.25) is 9.67 Å². The van der Waals surface area contributed by atoms with Gasteiger partial charge in [-0.05, 0) is 65.0 Å². The van der Waals surface area contributed by atoms with Gasteiger partial charge in [-0.2, -0.15) is 5.10 Å². The molecule has 2 N–H and O–H groups in total. The number of nitrogens with zero attached hydrogens (tertiary/aromatic N) is 4. The van der Waals surface area contributed by atoms with Crippen molar-refractivity contribution in [3.05, 3.63) is 17.0 Å². The van der Waals surface area contributed by atoms with Gasteiger partial charge in [-0.25, -0.2) is 0 Å². The van der Waals surface area contributed by atoms with Crippen LogP contribution in [0.25, 0.3) is 0 Å². The van der Waals surface area contributed by atoms with Gasteiger partial charge >= 0.3 is 0 Å². The highest BCUT2D eigenvalue weighted by molar-refractivity contribution is 14.0. The molecule has 0 saturated carbocycles. The summed E-state index contributed by atoms with van der Waals surface area (Å²) in [7, 11) is 2.01. The summed E-state index contributed by atoms with van der Waals surface area (Å²) < 4.78 is 1.97. The molecule has 2 heterocycles. The molecular weight excluding hydrogens is 451 g/mol. The maximum Gasteiger partial charge on any atom is 0.191 e. The number of nitrogens with one attached hydrogen (secondary N) is 2. The molecule has 6 nitrogen and oxygen atoms in total. The molecule has 0 amide bonds. The Labute approximate surface area is 182 Å². The van der Waals surface area contributed by atoms with Crippen LogP contribution in [0.5, 0.6) is 0 Å². The second kappa shape index (κ2) is 11.9. The number of aromatic nitrogens is 2. The lowest BCUT2D eigenvalue weighted by Gasteiger charge is -2.30. The van der Waals surface area contributed by atoms with Gasteiger partial charge in [0.15, 0.2) is 5.96 Å². The summed E-state index contributed by atoms with van der Waals surface area (Å²) in [4.78, 5) is 7.34. The lowest BCUT2D eigenvalue weighted by molar-refractivity contribution is 0.189. The van der Waals surface area contributed by atoms with Crippen LogP contribution in [0.15, 0.2) is 4.99 Å². The summed E-state index contributed by atoms with van der Waals surface area (Å²) in [6.45, 7) is 16.1. The van der Waals surface area contributed by atoms with Crippen molar-refractivity contribution in [1.82, 2.24) is 25.3 Å². The number of likely N-dealkylation sites (tertiary alicyclic amines) is 1. The SMILES string of the molecule is CCNC(=NCCN1CCCC(C)C1)NC(C)Cc1c(C)nn(C)c1C.I. The highest BCUT2D eigenvalue weighted by atomic mass is 127. The molecule has 1 fully saturated rings. The van der Waals surface area contributed by atoms with Crippen molar-refractivity contribution in [2.45, 2.75) is 59.9 Å². The van der Waals surface area contributed by atoms with E-state index in [-0.39, 0.29) is 24.0 Å². The predicted molar refractivity (Wildman–Crippen MR) is 125 cm³/mol. The minimum Gasteiger partial charge on any atom is -0.357 e. The van der Waals surface area contributed by atoms with Crippen molar-refractivity contribution in [2.24, 2.45) is 18.0 Å². The summed E-state index contributed by atoms with van der Waals surface area (Å²) in [5, 5.41) is 11.5. The average Bonchev–Trinajstić information content (AvgIpc) is 2.81. The summed E-state index contributed by atoms with van der Waals surface area (Å²) in [5.74, 6) is 1.74. The van der Waals surface area contributed by atoms with Crippen molar-refractivity contribution in [3.63, 3.8) is 0 Å². The Morgan fingerprint density at radius 2 is 2.11 bits per heavy atom. The van der Waals surface area contributed by atoms with E-state index in [0.717, 1.165) is 43.6 Å². The first kappa shape index (κ1) is 24.2. The van der Waals surface area contributed by atoms with E-state index in [1.165, 1.54) is 37.2 Å². The molecular formula is C20H39IN6. The van der Waals surface area contributed by atoms with Crippen LogP contribution in [0.1, 0.15) is 50.6 Å². The third-order valence-corrected chi connectivity index (χ3v) is 5.32. The number of aryl methyl sites for hydroxylation is 2. The molecule has 1 aliphatic rings. The van der Waals surface area contributed by atoms with Gasteiger partial charge < -0.3 is 15.5 Å². The molecule has 7 heteroatoms. The van der Waals surface area contributed by atoms with E-state index in [4.69, 9.17) is 4.99 Å². The normalized spacial score (nSPS) is 19.5. The summed E-state index contributed by atoms with van der Waals surface area (Å²) in [6, 6.07) is 0.310. The smallest absolute Gasteiger partial charge is 0.191 e. The second-order valence-electron chi connectivity index (χ2n) is 7.83. The lowest BCUT2D eigenvalue weighted by atomic mass is 10.0. The number of piperidine rings is 1. The first-order valence-corrected chi connectivity index (χ1v) is 10.2. The fourth-order valence-electron chi connectivity index (χ4n) is 3.82. The van der Waals surface area contributed by atoms with Gasteiger partial charge in [0, 0.05) is 38.4 Å². The van der Waals surface area contributed by atoms with Crippen LogP contribution < -0.4 is 10.6 Å². The number of halogens is 1. The first-order chi connectivity index (χ1) is 12.4. The van der Waals surface area contributed by atoms with E-state index < -0.39 is 0 Å². The first-order valence-electron chi connectivity index (χ1n) is 10.2. The fourth-order valence-corrected chi connectivity index (χ4v) is 3.82. The van der Waals surface area contributed by atoms with Crippen LogP contribution in [0.3, 0.4) is 0 Å². The van der Waals surface area contributed by atoms with Crippen LogP contribution in [-0.2, 0) is 13.5 Å². The molecule has 1 saturated heterocycles. The third kappa shape index (κ3) is 7.60. The van der Waals surface area contributed by atoms with Crippen LogP contribution in [-0.4, -0.2) is 59.4 Å². The Kier molecular flexibility index (Phi) is 10.7. The Hall–Kier alpha value is -0.830. The zero-order valence-electron chi connectivity index (χ0n) is 18.0. The standard InChI is InChI=1S/C20H38N6.HI/c1-7-21-20(22-10-12-26-11-8-9-15(2)14-26)23-16(3)13-19-17(4)24-25(6)18(19)5;/h15-16H,7-14H2,1-6H3,(H2,21,22,23);1H. The molecule has 2 atom stereocenters. The molecule has 1 aliphatic heterocycles. The van der Waals surface area contributed by atoms with E-state index in [9.17, 15) is 0 Å². The third-order valence-electron chi connectivity index (χ3n) is 5.32. The molecule has 0 bridgehead atoms. The summed E-state index contributed by atoms with van der Waals surface area (Å²) >= 11 is 0. The van der Waals surface area contributed by atoms with Gasteiger partial charge in [0.25, 0.3) is 0 Å². The Bertz CT molecular complexity index is 598. The van der Waals surface area contributed by atoms with E-state index in [2.05, 4.69) is 55.3 Å². The minimum atomic E-state index is 0. The van der Waals surface area contributed by atoms with Crippen LogP contribution >= 0.6 is 24.0 Å². The Morgan fingerprint density at radius 1 is 1.37 bits per heavy atom. The van der Waals surface area contributed by atoms with Crippen molar-refractivity contribution in [1.29, 1.82) is 0 Å². The van der Waals surface area contributed by atoms with Crippen LogP contribution in [0.2, 0.25) is 0 Å². The largest absolute Gasteiger partial charge is 0.357 e. The number of hydrogen-bond donors (Lipinski definition) is 2. The van der Waals surface area contributed by atoms with Gasteiger partial charge in [0.1, 0.15) is 0 Å². The monoisotopic (exact) mass is 490 g/mol. The lowest BCUT2D eigenvalue weighted by Crippen LogP contribution is -2.44. The van der Waals surface area contributed by atoms with E-state index in [1.807, 2.05) is 11.7 Å². The summed E-state index contributed by atoms with van der Waals surface area (Å²) in [6.07, 6.45) is 3.65. The number of hydrogen-bond acceptors (Lipinski definition) is 3. The highest BCUT2D eigenvalue weighted by Gasteiger charge is 2.16. The van der Waals surface area contributed by atoms with E-state index >= 15 is 0 Å². The Balaban J connectivity index is 0.00000364. The molecule has 2 rings (SSSR count). The molecule has 0 aromatic carbocycles. The molecule has 0 radical (unpaired) electrons. The molecule has 1 aromatic heterocycles. The van der Waals surface area contributed by atoms with Crippen molar-refractivity contribution < 1.29 is 0 Å². The van der Waals surface area contributed by atoms with Gasteiger partial charge in [-0.1, -0.05) is 6.92 Å². The van der Waals surface area contributed by atoms with Crippen molar-refractivity contribution in [3.8, 4) is 0 Å². The van der Waals surface area contributed by atoms with E-state index in [0.29, 0.717) is 6.04 Å². The van der Waals surface area contributed by atoms with Gasteiger partial charge in [0.05, 0.1) is 12.2 Å². The molecule has 27 heavy (non-hydrogen) atoms. The topological polar surface area (TPSA) is 57.5 Å². The molecule has 2 unspecified atom stereocenters. The predicted octanol–water partition coefficient (Wildman–Crippen LogP) is 2.87. The highest BCUT2D eigenvalue weighted by Crippen LogP contribution is 2.15. The maximum atomic E-state index is 4.80. The number of aliphatic imine (C=N–C) groups is 1. The van der Waals surface area contributed by atoms with Crippen molar-refractivity contribution >= 4 is 29.9 Å². The quantitative estimate of drug-likeness (QED) is 0.351. The molecule has 0 spiro atoms. The minimum absolute atomic E-state index is 0. The molecule has 156 valence electrons. The molecule has 0 aliphatic carbocycles. The average molecular weight is 490 g/mol. The van der Waals surface area contributed by atoms with Gasteiger partial charge in [-0.15, -0.1) is 24.0 Å².